The highest BCUT2D eigenvalue weighted by molar-refractivity contribution is 5.80. The quantitative estimate of drug-likeness (QED) is 0.879. The normalized spacial score (nSPS) is 23.4. The van der Waals surface area contributed by atoms with Crippen LogP contribution in [0.15, 0.2) is 24.3 Å². The lowest BCUT2D eigenvalue weighted by Gasteiger charge is -2.32. The molecule has 2 heterocycles. The highest BCUT2D eigenvalue weighted by Gasteiger charge is 2.39. The molecule has 0 bridgehead atoms. The second-order valence-corrected chi connectivity index (χ2v) is 7.85. The molecule has 3 rings (SSSR count). The number of benzene rings is 1. The highest BCUT2D eigenvalue weighted by Crippen LogP contribution is 2.30. The average molecular weight is 371 g/mol. The molecule has 0 saturated carbocycles. The van der Waals surface area contributed by atoms with Crippen LogP contribution in [0.4, 0.5) is 0 Å². The number of nitrogens with one attached hydrogen (secondary N) is 1. The summed E-state index contributed by atoms with van der Waals surface area (Å²) in [7, 11) is 0. The van der Waals surface area contributed by atoms with Crippen LogP contribution in [0, 0.1) is 12.8 Å². The van der Waals surface area contributed by atoms with Gasteiger partial charge in [0.2, 0.25) is 17.7 Å². The molecule has 6 heteroatoms. The molecule has 3 amide bonds. The predicted molar refractivity (Wildman–Crippen MR) is 103 cm³/mol. The van der Waals surface area contributed by atoms with E-state index in [1.54, 1.807) is 6.92 Å². The van der Waals surface area contributed by atoms with Gasteiger partial charge < -0.3 is 15.1 Å². The van der Waals surface area contributed by atoms with Crippen LogP contribution < -0.4 is 5.32 Å². The molecule has 0 aliphatic carbocycles. The molecule has 2 atom stereocenters. The largest absolute Gasteiger partial charge is 0.351 e. The smallest absolute Gasteiger partial charge is 0.225 e. The SMILES string of the molecule is CC(=O)N[C@@H]1CN(C(=O)C2CCN(C(C)=O)CC2)C[C@H]1c1ccc(C)cc1. The molecule has 1 N–H and O–H groups in total. The summed E-state index contributed by atoms with van der Waals surface area (Å²) in [5.41, 5.74) is 2.35. The predicted octanol–water partition coefficient (Wildman–Crippen LogP) is 1.68. The Morgan fingerprint density at radius 3 is 2.15 bits per heavy atom. The van der Waals surface area contributed by atoms with Crippen molar-refractivity contribution >= 4 is 17.7 Å². The molecule has 6 nitrogen and oxygen atoms in total. The van der Waals surface area contributed by atoms with Crippen LogP contribution in [-0.4, -0.2) is 59.7 Å². The molecule has 2 aliphatic rings. The van der Waals surface area contributed by atoms with Crippen molar-refractivity contribution in [3.63, 3.8) is 0 Å². The Hall–Kier alpha value is -2.37. The molecule has 1 aromatic rings. The number of nitrogens with zero attached hydrogens (tertiary/aromatic N) is 2. The number of amides is 3. The maximum absolute atomic E-state index is 13.0. The van der Waals surface area contributed by atoms with Crippen molar-refractivity contribution in [2.24, 2.45) is 5.92 Å². The Bertz CT molecular complexity index is 708. The van der Waals surface area contributed by atoms with E-state index in [4.69, 9.17) is 0 Å². The standard InChI is InChI=1S/C21H29N3O3/c1-14-4-6-17(7-5-14)19-12-24(13-20(19)22-15(2)25)21(27)18-8-10-23(11-9-18)16(3)26/h4-7,18-20H,8-13H2,1-3H3,(H,22,25)/t19-,20+/m0/s1. The van der Waals surface area contributed by atoms with Gasteiger partial charge in [0.25, 0.3) is 0 Å². The van der Waals surface area contributed by atoms with Crippen molar-refractivity contribution in [1.29, 1.82) is 0 Å². The van der Waals surface area contributed by atoms with E-state index >= 15 is 0 Å². The Kier molecular flexibility index (Phi) is 5.82. The lowest BCUT2D eigenvalue weighted by atomic mass is 9.93. The molecular weight excluding hydrogens is 342 g/mol. The third kappa shape index (κ3) is 4.49. The summed E-state index contributed by atoms with van der Waals surface area (Å²) in [6.07, 6.45) is 1.43. The molecular formula is C21H29N3O3. The van der Waals surface area contributed by atoms with Crippen LogP contribution in [0.2, 0.25) is 0 Å². The van der Waals surface area contributed by atoms with E-state index in [2.05, 4.69) is 29.6 Å². The Balaban J connectivity index is 1.69. The zero-order valence-corrected chi connectivity index (χ0v) is 16.4. The average Bonchev–Trinajstić information content (AvgIpc) is 3.05. The summed E-state index contributed by atoms with van der Waals surface area (Å²) in [5.74, 6) is 0.239. The van der Waals surface area contributed by atoms with Crippen LogP contribution in [0.1, 0.15) is 43.7 Å². The summed E-state index contributed by atoms with van der Waals surface area (Å²) in [6.45, 7) is 7.61. The summed E-state index contributed by atoms with van der Waals surface area (Å²) in [6, 6.07) is 8.26. The van der Waals surface area contributed by atoms with Gasteiger partial charge in [-0.15, -0.1) is 0 Å². The molecule has 1 aromatic carbocycles. The van der Waals surface area contributed by atoms with Gasteiger partial charge >= 0.3 is 0 Å². The number of carbonyl (C=O) groups is 3. The molecule has 0 unspecified atom stereocenters. The van der Waals surface area contributed by atoms with Crippen molar-refractivity contribution in [3.8, 4) is 0 Å². The van der Waals surface area contributed by atoms with Gasteiger partial charge in [0.1, 0.15) is 0 Å². The first-order valence-electron chi connectivity index (χ1n) is 9.73. The summed E-state index contributed by atoms with van der Waals surface area (Å²) < 4.78 is 0. The zero-order chi connectivity index (χ0) is 19.6. The first kappa shape index (κ1) is 19.4. The molecule has 2 fully saturated rings. The Labute approximate surface area is 160 Å². The van der Waals surface area contributed by atoms with E-state index in [0.717, 1.165) is 18.4 Å². The van der Waals surface area contributed by atoms with Gasteiger partial charge in [-0.1, -0.05) is 29.8 Å². The van der Waals surface area contributed by atoms with Crippen LogP contribution in [-0.2, 0) is 14.4 Å². The molecule has 2 saturated heterocycles. The minimum absolute atomic E-state index is 0.0321. The van der Waals surface area contributed by atoms with E-state index in [0.29, 0.717) is 26.2 Å². The van der Waals surface area contributed by atoms with Gasteiger partial charge in [-0.2, -0.15) is 0 Å². The minimum Gasteiger partial charge on any atom is -0.351 e. The Morgan fingerprint density at radius 1 is 0.963 bits per heavy atom. The maximum Gasteiger partial charge on any atom is 0.225 e. The molecule has 146 valence electrons. The fraction of sp³-hybridized carbons (Fsp3) is 0.571. The van der Waals surface area contributed by atoms with Crippen LogP contribution in [0.5, 0.6) is 0 Å². The lowest BCUT2D eigenvalue weighted by molar-refractivity contribution is -0.139. The molecule has 0 spiro atoms. The number of hydrogen-bond acceptors (Lipinski definition) is 3. The van der Waals surface area contributed by atoms with E-state index in [1.807, 2.05) is 16.7 Å². The number of carbonyl (C=O) groups excluding carboxylic acids is 3. The third-order valence-corrected chi connectivity index (χ3v) is 5.82. The summed E-state index contributed by atoms with van der Waals surface area (Å²) in [4.78, 5) is 39.9. The fourth-order valence-electron chi connectivity index (χ4n) is 4.24. The topological polar surface area (TPSA) is 69.7 Å². The van der Waals surface area contributed by atoms with Crippen LogP contribution >= 0.6 is 0 Å². The van der Waals surface area contributed by atoms with Gasteiger partial charge in [-0.05, 0) is 25.3 Å². The van der Waals surface area contributed by atoms with Gasteiger partial charge in [0.15, 0.2) is 0 Å². The van der Waals surface area contributed by atoms with E-state index in [1.165, 1.54) is 12.5 Å². The fourth-order valence-corrected chi connectivity index (χ4v) is 4.24. The van der Waals surface area contributed by atoms with E-state index in [9.17, 15) is 14.4 Å². The van der Waals surface area contributed by atoms with Crippen molar-refractivity contribution in [2.75, 3.05) is 26.2 Å². The molecule has 27 heavy (non-hydrogen) atoms. The number of rotatable bonds is 3. The van der Waals surface area contributed by atoms with Crippen molar-refractivity contribution < 1.29 is 14.4 Å². The lowest BCUT2D eigenvalue weighted by Crippen LogP contribution is -2.44. The Morgan fingerprint density at radius 2 is 1.59 bits per heavy atom. The van der Waals surface area contributed by atoms with Crippen molar-refractivity contribution in [3.05, 3.63) is 35.4 Å². The van der Waals surface area contributed by atoms with Gasteiger partial charge in [-0.25, -0.2) is 0 Å². The summed E-state index contributed by atoms with van der Waals surface area (Å²) >= 11 is 0. The number of piperidine rings is 1. The van der Waals surface area contributed by atoms with Gasteiger partial charge in [-0.3, -0.25) is 14.4 Å². The first-order valence-corrected chi connectivity index (χ1v) is 9.73. The zero-order valence-electron chi connectivity index (χ0n) is 16.4. The van der Waals surface area contributed by atoms with E-state index < -0.39 is 0 Å². The maximum atomic E-state index is 13.0. The van der Waals surface area contributed by atoms with Crippen molar-refractivity contribution in [2.45, 2.75) is 45.6 Å². The van der Waals surface area contributed by atoms with Crippen LogP contribution in [0.25, 0.3) is 0 Å². The van der Waals surface area contributed by atoms with E-state index in [-0.39, 0.29) is 35.6 Å². The second-order valence-electron chi connectivity index (χ2n) is 7.85. The number of hydrogen-bond donors (Lipinski definition) is 1. The molecule has 0 aromatic heterocycles. The van der Waals surface area contributed by atoms with Gasteiger partial charge in [0, 0.05) is 51.9 Å². The monoisotopic (exact) mass is 371 g/mol. The minimum atomic E-state index is -0.0684. The van der Waals surface area contributed by atoms with Crippen molar-refractivity contribution in [1.82, 2.24) is 15.1 Å². The molecule has 2 aliphatic heterocycles. The second kappa shape index (κ2) is 8.11. The summed E-state index contributed by atoms with van der Waals surface area (Å²) in [5, 5.41) is 3.03. The first-order chi connectivity index (χ1) is 12.8. The third-order valence-electron chi connectivity index (χ3n) is 5.82. The molecule has 0 radical (unpaired) electrons. The highest BCUT2D eigenvalue weighted by atomic mass is 16.2. The number of likely N-dealkylation sites (tertiary alicyclic amines) is 2. The number of aryl methyl sites for hydroxylation is 1. The van der Waals surface area contributed by atoms with Gasteiger partial charge in [0.05, 0.1) is 6.04 Å². The van der Waals surface area contributed by atoms with Crippen LogP contribution in [0.3, 0.4) is 0 Å².